The van der Waals surface area contributed by atoms with E-state index in [2.05, 4.69) is 4.98 Å². The minimum Gasteiger partial charge on any atom is -0.477 e. The van der Waals surface area contributed by atoms with Gasteiger partial charge in [0.05, 0.1) is 11.9 Å². The first-order chi connectivity index (χ1) is 15.2. The van der Waals surface area contributed by atoms with Crippen molar-refractivity contribution in [2.24, 2.45) is 0 Å². The Morgan fingerprint density at radius 3 is 2.44 bits per heavy atom. The molecule has 0 saturated carbocycles. The van der Waals surface area contributed by atoms with Gasteiger partial charge in [-0.15, -0.1) is 11.3 Å². The topological polar surface area (TPSA) is 89.3 Å². The van der Waals surface area contributed by atoms with E-state index in [1.807, 2.05) is 57.2 Å². The van der Waals surface area contributed by atoms with Crippen molar-refractivity contribution in [2.75, 3.05) is 0 Å². The lowest BCUT2D eigenvalue weighted by molar-refractivity contribution is 0.0701. The maximum atomic E-state index is 13.5. The molecule has 4 aromatic rings. The zero-order valence-corrected chi connectivity index (χ0v) is 19.0. The summed E-state index contributed by atoms with van der Waals surface area (Å²) in [5.41, 5.74) is 4.23. The molecule has 0 saturated heterocycles. The van der Waals surface area contributed by atoms with Crippen LogP contribution in [0.15, 0.2) is 47.3 Å². The van der Waals surface area contributed by atoms with E-state index in [9.17, 15) is 19.5 Å². The van der Waals surface area contributed by atoms with Crippen LogP contribution in [-0.2, 0) is 6.54 Å². The fourth-order valence-corrected chi connectivity index (χ4v) is 4.73. The third-order valence-corrected chi connectivity index (χ3v) is 6.83. The van der Waals surface area contributed by atoms with E-state index in [1.165, 1.54) is 4.57 Å². The molecule has 0 spiro atoms. The molecule has 4 rings (SSSR count). The second-order valence-corrected chi connectivity index (χ2v) is 8.96. The third-order valence-electron chi connectivity index (χ3n) is 5.65. The number of benzene rings is 2. The zero-order chi connectivity index (χ0) is 23.2. The molecular formula is C25H22N2O4S. The standard InChI is InChI=1S/C25H22N2O4S/c1-13-6-5-7-18(10-13)22-26-23-20(16(4)21(32-23)25(30)31)24(29)27(22)12-19(28)17-9-8-14(2)15(3)11-17/h5-11H,12H2,1-4H3,(H,30,31). The summed E-state index contributed by atoms with van der Waals surface area (Å²) in [7, 11) is 0. The summed E-state index contributed by atoms with van der Waals surface area (Å²) < 4.78 is 1.36. The van der Waals surface area contributed by atoms with Crippen LogP contribution in [0.4, 0.5) is 0 Å². The molecule has 0 radical (unpaired) electrons. The molecule has 2 heterocycles. The van der Waals surface area contributed by atoms with Gasteiger partial charge in [0.1, 0.15) is 15.5 Å². The number of hydrogen-bond donors (Lipinski definition) is 1. The predicted molar refractivity (Wildman–Crippen MR) is 126 cm³/mol. The van der Waals surface area contributed by atoms with E-state index in [1.54, 1.807) is 13.0 Å². The molecule has 162 valence electrons. The van der Waals surface area contributed by atoms with Gasteiger partial charge < -0.3 is 5.11 Å². The van der Waals surface area contributed by atoms with Crippen LogP contribution < -0.4 is 5.56 Å². The van der Waals surface area contributed by atoms with Crippen molar-refractivity contribution in [1.29, 1.82) is 0 Å². The fraction of sp³-hybridized carbons (Fsp3) is 0.200. The number of carbonyl (C=O) groups is 2. The van der Waals surface area contributed by atoms with Gasteiger partial charge >= 0.3 is 5.97 Å². The van der Waals surface area contributed by atoms with Gasteiger partial charge in [-0.25, -0.2) is 9.78 Å². The van der Waals surface area contributed by atoms with Gasteiger partial charge in [0.2, 0.25) is 0 Å². The number of aromatic nitrogens is 2. The van der Waals surface area contributed by atoms with Gasteiger partial charge in [0, 0.05) is 11.1 Å². The first-order valence-corrected chi connectivity index (χ1v) is 10.9. The number of carboxylic acids is 1. The Kier molecular flexibility index (Phi) is 5.52. The third kappa shape index (κ3) is 3.76. The molecule has 0 aliphatic rings. The average Bonchev–Trinajstić information content (AvgIpc) is 3.08. The number of carbonyl (C=O) groups excluding carboxylic acids is 1. The number of Topliss-reactive ketones (excluding diaryl/α,β-unsaturated/α-hetero) is 1. The number of rotatable bonds is 5. The molecule has 2 aromatic heterocycles. The lowest BCUT2D eigenvalue weighted by atomic mass is 10.0. The van der Waals surface area contributed by atoms with E-state index < -0.39 is 11.5 Å². The highest BCUT2D eigenvalue weighted by Crippen LogP contribution is 2.30. The first kappa shape index (κ1) is 21.6. The number of aromatic carboxylic acids is 1. The van der Waals surface area contributed by atoms with E-state index in [4.69, 9.17) is 0 Å². The second kappa shape index (κ2) is 8.16. The molecule has 0 amide bonds. The quantitative estimate of drug-likeness (QED) is 0.439. The Balaban J connectivity index is 1.95. The Labute approximate surface area is 188 Å². The summed E-state index contributed by atoms with van der Waals surface area (Å²) in [6.45, 7) is 7.26. The van der Waals surface area contributed by atoms with Gasteiger partial charge in [-0.1, -0.05) is 35.9 Å². The molecule has 0 fully saturated rings. The van der Waals surface area contributed by atoms with Gasteiger partial charge in [0.15, 0.2) is 5.78 Å². The maximum absolute atomic E-state index is 13.5. The zero-order valence-electron chi connectivity index (χ0n) is 18.2. The highest BCUT2D eigenvalue weighted by Gasteiger charge is 2.23. The number of nitrogens with zero attached hydrogens (tertiary/aromatic N) is 2. The highest BCUT2D eigenvalue weighted by atomic mass is 32.1. The van der Waals surface area contributed by atoms with Gasteiger partial charge in [-0.2, -0.15) is 0 Å². The van der Waals surface area contributed by atoms with Gasteiger partial charge in [-0.3, -0.25) is 14.2 Å². The smallest absolute Gasteiger partial charge is 0.346 e. The van der Waals surface area contributed by atoms with Crippen molar-refractivity contribution in [3.63, 3.8) is 0 Å². The molecular weight excluding hydrogens is 424 g/mol. The number of thiophene rings is 1. The second-order valence-electron chi connectivity index (χ2n) is 7.96. The number of fused-ring (bicyclic) bond motifs is 1. The van der Waals surface area contributed by atoms with E-state index >= 15 is 0 Å². The van der Waals surface area contributed by atoms with Crippen molar-refractivity contribution < 1.29 is 14.7 Å². The van der Waals surface area contributed by atoms with Crippen LogP contribution in [0.2, 0.25) is 0 Å². The summed E-state index contributed by atoms with van der Waals surface area (Å²) in [5, 5.41) is 9.76. The largest absolute Gasteiger partial charge is 0.477 e. The Hall–Kier alpha value is -3.58. The molecule has 0 aliphatic carbocycles. The summed E-state index contributed by atoms with van der Waals surface area (Å²) in [5.74, 6) is -0.960. The molecule has 6 nitrogen and oxygen atoms in total. The van der Waals surface area contributed by atoms with Crippen molar-refractivity contribution in [3.05, 3.63) is 85.5 Å². The monoisotopic (exact) mass is 446 g/mol. The van der Waals surface area contributed by atoms with Crippen LogP contribution in [0.1, 0.15) is 42.3 Å². The molecule has 32 heavy (non-hydrogen) atoms. The molecule has 2 aromatic carbocycles. The predicted octanol–water partition coefficient (Wildman–Crippen LogP) is 4.94. The van der Waals surface area contributed by atoms with Crippen molar-refractivity contribution in [2.45, 2.75) is 34.2 Å². The number of carboxylic acid groups (broad SMARTS) is 1. The summed E-state index contributed by atoms with van der Waals surface area (Å²) in [6.07, 6.45) is 0. The molecule has 0 atom stereocenters. The molecule has 7 heteroatoms. The molecule has 0 bridgehead atoms. The minimum atomic E-state index is -1.10. The number of ketones is 1. The summed E-state index contributed by atoms with van der Waals surface area (Å²) in [6, 6.07) is 13.0. The van der Waals surface area contributed by atoms with Crippen molar-refractivity contribution >= 4 is 33.3 Å². The molecule has 0 unspecified atom stereocenters. The fourth-order valence-electron chi connectivity index (χ4n) is 3.72. The maximum Gasteiger partial charge on any atom is 0.346 e. The normalized spacial score (nSPS) is 11.1. The van der Waals surface area contributed by atoms with E-state index in [-0.39, 0.29) is 22.6 Å². The lowest BCUT2D eigenvalue weighted by Crippen LogP contribution is -2.27. The van der Waals surface area contributed by atoms with Gasteiger partial charge in [-0.05, 0) is 56.5 Å². The first-order valence-electron chi connectivity index (χ1n) is 10.1. The minimum absolute atomic E-state index is 0.0815. The molecule has 1 N–H and O–H groups in total. The number of aryl methyl sites for hydroxylation is 4. The Morgan fingerprint density at radius 1 is 1.03 bits per heavy atom. The van der Waals surface area contributed by atoms with E-state index in [0.717, 1.165) is 28.0 Å². The Bertz CT molecular complexity index is 1460. The summed E-state index contributed by atoms with van der Waals surface area (Å²) >= 11 is 0.978. The summed E-state index contributed by atoms with van der Waals surface area (Å²) in [4.78, 5) is 43.4. The number of hydrogen-bond acceptors (Lipinski definition) is 5. The van der Waals surface area contributed by atoms with Crippen LogP contribution in [0.25, 0.3) is 21.6 Å². The lowest BCUT2D eigenvalue weighted by Gasteiger charge is -2.13. The van der Waals surface area contributed by atoms with Crippen LogP contribution in [0.5, 0.6) is 0 Å². The highest BCUT2D eigenvalue weighted by molar-refractivity contribution is 7.20. The van der Waals surface area contributed by atoms with Crippen LogP contribution >= 0.6 is 11.3 Å². The van der Waals surface area contributed by atoms with Crippen LogP contribution in [0, 0.1) is 27.7 Å². The van der Waals surface area contributed by atoms with E-state index in [0.29, 0.717) is 27.3 Å². The van der Waals surface area contributed by atoms with Crippen LogP contribution in [0.3, 0.4) is 0 Å². The van der Waals surface area contributed by atoms with Crippen LogP contribution in [-0.4, -0.2) is 26.4 Å². The van der Waals surface area contributed by atoms with Crippen molar-refractivity contribution in [1.82, 2.24) is 9.55 Å². The van der Waals surface area contributed by atoms with Crippen molar-refractivity contribution in [3.8, 4) is 11.4 Å². The SMILES string of the molecule is Cc1cccc(-c2nc3sc(C(=O)O)c(C)c3c(=O)n2CC(=O)c2ccc(C)c(C)c2)c1. The van der Waals surface area contributed by atoms with Gasteiger partial charge in [0.25, 0.3) is 5.56 Å². The average molecular weight is 447 g/mol. The Morgan fingerprint density at radius 2 is 1.78 bits per heavy atom. The molecule has 0 aliphatic heterocycles.